The fourth-order valence-electron chi connectivity index (χ4n) is 5.29. The van der Waals surface area contributed by atoms with E-state index < -0.39 is 41.6 Å². The molecule has 9 nitrogen and oxygen atoms in total. The van der Waals surface area contributed by atoms with Crippen molar-refractivity contribution >= 4 is 17.7 Å². The topological polar surface area (TPSA) is 128 Å². The van der Waals surface area contributed by atoms with Gasteiger partial charge in [-0.05, 0) is 72.4 Å². The SMILES string of the molecule is N[C@@H](Cc1ccc(F)c(-c2ccc(F)cc2)c1)C(=O)Nc1cncc(F)c1CC[C@@H]1CNC[C@@H](COC(=O)NCc2ccc(F)cc2)O1. The van der Waals surface area contributed by atoms with Gasteiger partial charge in [0.05, 0.1) is 30.2 Å². The smallest absolute Gasteiger partial charge is 0.407 e. The van der Waals surface area contributed by atoms with Crippen LogP contribution in [0.5, 0.6) is 0 Å². The number of hydrogen-bond donors (Lipinski definition) is 4. The largest absolute Gasteiger partial charge is 0.447 e. The molecule has 3 aromatic carbocycles. The molecule has 0 spiro atoms. The molecule has 2 heterocycles. The first-order valence-corrected chi connectivity index (χ1v) is 15.4. The van der Waals surface area contributed by atoms with Crippen molar-refractivity contribution in [2.24, 2.45) is 5.73 Å². The number of amides is 2. The van der Waals surface area contributed by atoms with E-state index in [2.05, 4.69) is 20.9 Å². The van der Waals surface area contributed by atoms with Gasteiger partial charge in [-0.1, -0.05) is 30.3 Å². The number of hydrogen-bond acceptors (Lipinski definition) is 7. The molecule has 0 radical (unpaired) electrons. The standard InChI is InChI=1S/C35H35F4N5O4/c36-24-6-1-21(2-7-24)15-43-35(46)47-20-27-17-41-16-26(48-27)10-11-28-31(39)18-42-19-33(28)44-34(45)32(40)14-22-3-12-30(38)29(13-22)23-4-8-25(37)9-5-23/h1-9,12-13,18-19,26-27,32,41H,10-11,14-17,20,40H2,(H,43,46)(H,44,45)/t26-,27+,32+/m1/s1. The fourth-order valence-corrected chi connectivity index (χ4v) is 5.29. The van der Waals surface area contributed by atoms with Gasteiger partial charge in [0.1, 0.15) is 36.0 Å². The Balaban J connectivity index is 1.12. The second kappa shape index (κ2) is 16.3. The number of alkyl carbamates (subject to hydrolysis) is 1. The van der Waals surface area contributed by atoms with Crippen LogP contribution in [0.15, 0.2) is 79.1 Å². The van der Waals surface area contributed by atoms with Gasteiger partial charge in [0.25, 0.3) is 0 Å². The zero-order valence-corrected chi connectivity index (χ0v) is 25.9. The third-order valence-corrected chi connectivity index (χ3v) is 7.84. The van der Waals surface area contributed by atoms with Gasteiger partial charge in [-0.2, -0.15) is 0 Å². The summed E-state index contributed by atoms with van der Waals surface area (Å²) >= 11 is 0. The van der Waals surface area contributed by atoms with Gasteiger partial charge >= 0.3 is 6.09 Å². The summed E-state index contributed by atoms with van der Waals surface area (Å²) in [5.41, 5.74) is 8.61. The fraction of sp³-hybridized carbons (Fsp3) is 0.286. The molecule has 2 amide bonds. The van der Waals surface area contributed by atoms with E-state index in [0.29, 0.717) is 30.6 Å². The van der Waals surface area contributed by atoms with Crippen LogP contribution in [0.2, 0.25) is 0 Å². The Bertz CT molecular complexity index is 1710. The molecule has 0 bridgehead atoms. The first-order chi connectivity index (χ1) is 23.1. The quantitative estimate of drug-likeness (QED) is 0.156. The number of aromatic nitrogens is 1. The summed E-state index contributed by atoms with van der Waals surface area (Å²) in [6.45, 7) is 1.10. The number of rotatable bonds is 12. The van der Waals surface area contributed by atoms with E-state index in [4.69, 9.17) is 15.2 Å². The van der Waals surface area contributed by atoms with Crippen molar-refractivity contribution in [1.82, 2.24) is 15.6 Å². The predicted octanol–water partition coefficient (Wildman–Crippen LogP) is 5.03. The highest BCUT2D eigenvalue weighted by Crippen LogP contribution is 2.26. The van der Waals surface area contributed by atoms with E-state index in [1.807, 2.05) is 0 Å². The van der Waals surface area contributed by atoms with Gasteiger partial charge < -0.3 is 31.2 Å². The Labute approximate surface area is 274 Å². The first-order valence-electron chi connectivity index (χ1n) is 15.4. The van der Waals surface area contributed by atoms with Crippen LogP contribution in [0.3, 0.4) is 0 Å². The number of carbonyl (C=O) groups excluding carboxylic acids is 2. The minimum absolute atomic E-state index is 0.0129. The number of pyridine rings is 1. The molecule has 1 saturated heterocycles. The van der Waals surface area contributed by atoms with Gasteiger partial charge in [0.15, 0.2) is 0 Å². The lowest BCUT2D eigenvalue weighted by Crippen LogP contribution is -2.47. The van der Waals surface area contributed by atoms with Crippen LogP contribution in [0, 0.1) is 23.3 Å². The zero-order valence-electron chi connectivity index (χ0n) is 25.9. The Morgan fingerprint density at radius 3 is 2.35 bits per heavy atom. The molecule has 13 heteroatoms. The maximum Gasteiger partial charge on any atom is 0.407 e. The predicted molar refractivity (Wildman–Crippen MR) is 171 cm³/mol. The van der Waals surface area contributed by atoms with Gasteiger partial charge in [-0.3, -0.25) is 9.78 Å². The monoisotopic (exact) mass is 665 g/mol. The second-order valence-electron chi connectivity index (χ2n) is 11.4. The maximum absolute atomic E-state index is 14.9. The molecule has 252 valence electrons. The molecular weight excluding hydrogens is 630 g/mol. The highest BCUT2D eigenvalue weighted by atomic mass is 19.1. The summed E-state index contributed by atoms with van der Waals surface area (Å²) in [6, 6.07) is 14.4. The molecule has 1 fully saturated rings. The van der Waals surface area contributed by atoms with Gasteiger partial charge in [0, 0.05) is 30.8 Å². The van der Waals surface area contributed by atoms with Gasteiger partial charge in [-0.15, -0.1) is 0 Å². The number of morpholine rings is 1. The van der Waals surface area contributed by atoms with Crippen LogP contribution in [-0.4, -0.2) is 54.9 Å². The highest BCUT2D eigenvalue weighted by Gasteiger charge is 2.25. The third kappa shape index (κ3) is 9.59. The lowest BCUT2D eigenvalue weighted by atomic mass is 9.98. The molecule has 0 saturated carbocycles. The molecule has 1 aromatic heterocycles. The van der Waals surface area contributed by atoms with Crippen molar-refractivity contribution in [3.63, 3.8) is 0 Å². The van der Waals surface area contributed by atoms with Crippen LogP contribution in [0.4, 0.5) is 28.0 Å². The van der Waals surface area contributed by atoms with Crippen molar-refractivity contribution in [2.75, 3.05) is 25.0 Å². The normalized spacial score (nSPS) is 16.6. The Morgan fingerprint density at radius 1 is 0.917 bits per heavy atom. The number of benzene rings is 3. The lowest BCUT2D eigenvalue weighted by molar-refractivity contribution is -0.117. The lowest BCUT2D eigenvalue weighted by Gasteiger charge is -2.30. The molecule has 0 aliphatic carbocycles. The summed E-state index contributed by atoms with van der Waals surface area (Å²) in [7, 11) is 0. The number of carbonyl (C=O) groups is 2. The van der Waals surface area contributed by atoms with E-state index in [0.717, 1.165) is 11.8 Å². The van der Waals surface area contributed by atoms with Crippen LogP contribution >= 0.6 is 0 Å². The highest BCUT2D eigenvalue weighted by molar-refractivity contribution is 5.95. The number of ether oxygens (including phenoxy) is 2. The van der Waals surface area contributed by atoms with Crippen molar-refractivity contribution in [3.05, 3.63) is 119 Å². The third-order valence-electron chi connectivity index (χ3n) is 7.84. The second-order valence-corrected chi connectivity index (χ2v) is 11.4. The molecule has 48 heavy (non-hydrogen) atoms. The molecule has 0 unspecified atom stereocenters. The number of nitrogens with two attached hydrogens (primary N) is 1. The van der Waals surface area contributed by atoms with Gasteiger partial charge in [-0.25, -0.2) is 22.4 Å². The van der Waals surface area contributed by atoms with Gasteiger partial charge in [0.2, 0.25) is 5.91 Å². The Kier molecular flexibility index (Phi) is 11.7. The van der Waals surface area contributed by atoms with Crippen LogP contribution < -0.4 is 21.7 Å². The summed E-state index contributed by atoms with van der Waals surface area (Å²) < 4.78 is 67.2. The molecule has 3 atom stereocenters. The van der Waals surface area contributed by atoms with Crippen molar-refractivity contribution < 1.29 is 36.6 Å². The molecule has 4 aromatic rings. The average molecular weight is 666 g/mol. The Hall–Kier alpha value is -4.85. The number of anilines is 1. The van der Waals surface area contributed by atoms with E-state index in [-0.39, 0.29) is 54.7 Å². The number of nitrogens with zero attached hydrogens (tertiary/aromatic N) is 1. The molecule has 5 N–H and O–H groups in total. The van der Waals surface area contributed by atoms with Crippen molar-refractivity contribution in [1.29, 1.82) is 0 Å². The van der Waals surface area contributed by atoms with E-state index in [9.17, 15) is 27.2 Å². The first kappa shape index (κ1) is 34.5. The summed E-state index contributed by atoms with van der Waals surface area (Å²) in [6.07, 6.45) is 1.64. The van der Waals surface area contributed by atoms with Crippen molar-refractivity contribution in [2.45, 2.75) is 44.1 Å². The zero-order chi connectivity index (χ0) is 34.0. The van der Waals surface area contributed by atoms with E-state index >= 15 is 0 Å². The number of halogens is 4. The van der Waals surface area contributed by atoms with Crippen LogP contribution in [-0.2, 0) is 33.7 Å². The van der Waals surface area contributed by atoms with Crippen LogP contribution in [0.25, 0.3) is 11.1 Å². The van der Waals surface area contributed by atoms with Crippen molar-refractivity contribution in [3.8, 4) is 11.1 Å². The van der Waals surface area contributed by atoms with E-state index in [1.165, 1.54) is 54.7 Å². The van der Waals surface area contributed by atoms with Crippen LogP contribution in [0.1, 0.15) is 23.1 Å². The maximum atomic E-state index is 14.9. The molecule has 1 aliphatic rings. The average Bonchev–Trinajstić information content (AvgIpc) is 3.08. The summed E-state index contributed by atoms with van der Waals surface area (Å²) in [4.78, 5) is 29.1. The molecule has 1 aliphatic heterocycles. The summed E-state index contributed by atoms with van der Waals surface area (Å²) in [5.74, 6) is -2.50. The Morgan fingerprint density at radius 2 is 1.60 bits per heavy atom. The number of nitrogens with one attached hydrogen (secondary N) is 3. The summed E-state index contributed by atoms with van der Waals surface area (Å²) in [5, 5.41) is 8.49. The minimum atomic E-state index is -1.05. The molecular formula is C35H35F4N5O4. The molecule has 5 rings (SSSR count). The minimum Gasteiger partial charge on any atom is -0.447 e. The van der Waals surface area contributed by atoms with E-state index in [1.54, 1.807) is 18.2 Å².